The Morgan fingerprint density at radius 2 is 2.00 bits per heavy atom. The molecule has 2 N–H and O–H groups in total. The van der Waals surface area contributed by atoms with Gasteiger partial charge < -0.3 is 10.3 Å². The molecule has 0 saturated heterocycles. The van der Waals surface area contributed by atoms with Crippen molar-refractivity contribution >= 4 is 10.9 Å². The number of hydrogen-bond acceptors (Lipinski definition) is 1. The van der Waals surface area contributed by atoms with Gasteiger partial charge in [-0.3, -0.25) is 0 Å². The molecule has 0 amide bonds. The lowest BCUT2D eigenvalue weighted by Crippen LogP contribution is -2.33. The zero-order valence-electron chi connectivity index (χ0n) is 11.8. The molecule has 2 nitrogen and oxygen atoms in total. The Bertz CT molecular complexity index is 535. The van der Waals surface area contributed by atoms with Crippen LogP contribution in [0.2, 0.25) is 0 Å². The molecule has 0 atom stereocenters. The Morgan fingerprint density at radius 3 is 2.84 bits per heavy atom. The van der Waals surface area contributed by atoms with Crippen molar-refractivity contribution in [2.75, 3.05) is 6.54 Å². The predicted molar refractivity (Wildman–Crippen MR) is 81.2 cm³/mol. The van der Waals surface area contributed by atoms with Gasteiger partial charge in [0.1, 0.15) is 0 Å². The maximum absolute atomic E-state index is 3.66. The molecule has 0 radical (unpaired) electrons. The van der Waals surface area contributed by atoms with Crippen LogP contribution in [0.25, 0.3) is 10.9 Å². The number of benzene rings is 1. The van der Waals surface area contributed by atoms with Crippen LogP contribution in [0.3, 0.4) is 0 Å². The van der Waals surface area contributed by atoms with Gasteiger partial charge in [0, 0.05) is 24.8 Å². The molecule has 3 rings (SSSR count). The standard InChI is InChI=1S/C17H24N2/c1-17(8-3-2-4-9-17)13-18-12-14-5-6-16-15(11-14)7-10-19-16/h5-7,10-11,18-19H,2-4,8-9,12-13H2,1H3. The predicted octanol–water partition coefficient (Wildman–Crippen LogP) is 4.23. The van der Waals surface area contributed by atoms with Crippen molar-refractivity contribution in [2.24, 2.45) is 5.41 Å². The minimum atomic E-state index is 0.524. The van der Waals surface area contributed by atoms with Crippen LogP contribution in [0, 0.1) is 5.41 Å². The minimum absolute atomic E-state index is 0.524. The van der Waals surface area contributed by atoms with Gasteiger partial charge in [-0.15, -0.1) is 0 Å². The van der Waals surface area contributed by atoms with Gasteiger partial charge in [0.2, 0.25) is 0 Å². The van der Waals surface area contributed by atoms with Crippen molar-refractivity contribution in [3.05, 3.63) is 36.0 Å². The van der Waals surface area contributed by atoms with Crippen LogP contribution in [0.5, 0.6) is 0 Å². The Hall–Kier alpha value is -1.28. The number of nitrogens with one attached hydrogen (secondary N) is 2. The van der Waals surface area contributed by atoms with Crippen molar-refractivity contribution in [1.82, 2.24) is 10.3 Å². The Labute approximate surface area is 115 Å². The maximum atomic E-state index is 3.66. The topological polar surface area (TPSA) is 27.8 Å². The fourth-order valence-electron chi connectivity index (χ4n) is 3.30. The van der Waals surface area contributed by atoms with E-state index >= 15 is 0 Å². The minimum Gasteiger partial charge on any atom is -0.361 e. The van der Waals surface area contributed by atoms with Gasteiger partial charge >= 0.3 is 0 Å². The molecule has 2 aromatic rings. The molecular formula is C17H24N2. The third-order valence-corrected chi connectivity index (χ3v) is 4.56. The molecule has 102 valence electrons. The largest absolute Gasteiger partial charge is 0.361 e. The Kier molecular flexibility index (Phi) is 3.61. The highest BCUT2D eigenvalue weighted by atomic mass is 14.9. The quantitative estimate of drug-likeness (QED) is 0.842. The molecule has 1 saturated carbocycles. The average molecular weight is 256 g/mol. The van der Waals surface area contributed by atoms with Gasteiger partial charge in [-0.05, 0) is 47.4 Å². The zero-order chi connectivity index (χ0) is 13.1. The molecule has 19 heavy (non-hydrogen) atoms. The van der Waals surface area contributed by atoms with Crippen LogP contribution in [-0.4, -0.2) is 11.5 Å². The van der Waals surface area contributed by atoms with Crippen LogP contribution < -0.4 is 5.32 Å². The second kappa shape index (κ2) is 5.38. The molecule has 0 bridgehead atoms. The third-order valence-electron chi connectivity index (χ3n) is 4.56. The number of aromatic nitrogens is 1. The second-order valence-electron chi connectivity index (χ2n) is 6.37. The van der Waals surface area contributed by atoms with E-state index in [0.717, 1.165) is 13.1 Å². The molecule has 1 fully saturated rings. The van der Waals surface area contributed by atoms with Crippen molar-refractivity contribution in [2.45, 2.75) is 45.6 Å². The molecule has 1 aromatic carbocycles. The summed E-state index contributed by atoms with van der Waals surface area (Å²) in [6, 6.07) is 8.81. The van der Waals surface area contributed by atoms with Gasteiger partial charge in [0.25, 0.3) is 0 Å². The fraction of sp³-hybridized carbons (Fsp3) is 0.529. The summed E-state index contributed by atoms with van der Waals surface area (Å²) >= 11 is 0. The van der Waals surface area contributed by atoms with Gasteiger partial charge in [0.15, 0.2) is 0 Å². The number of rotatable bonds is 4. The maximum Gasteiger partial charge on any atom is 0.0454 e. The molecular weight excluding hydrogens is 232 g/mol. The van der Waals surface area contributed by atoms with Gasteiger partial charge in [-0.1, -0.05) is 32.3 Å². The SMILES string of the molecule is CC1(CNCc2ccc3[nH]ccc3c2)CCCCC1. The highest BCUT2D eigenvalue weighted by Gasteiger charge is 2.25. The van der Waals surface area contributed by atoms with E-state index in [1.54, 1.807) is 0 Å². The second-order valence-corrected chi connectivity index (χ2v) is 6.37. The number of aromatic amines is 1. The van der Waals surface area contributed by atoms with Gasteiger partial charge in [-0.25, -0.2) is 0 Å². The molecule has 0 aliphatic heterocycles. The number of hydrogen-bond donors (Lipinski definition) is 2. The van der Waals surface area contributed by atoms with E-state index in [4.69, 9.17) is 0 Å². The lowest BCUT2D eigenvalue weighted by molar-refractivity contribution is 0.207. The van der Waals surface area contributed by atoms with E-state index in [9.17, 15) is 0 Å². The molecule has 1 aliphatic rings. The van der Waals surface area contributed by atoms with Crippen LogP contribution in [-0.2, 0) is 6.54 Å². The third kappa shape index (κ3) is 3.01. The first-order valence-corrected chi connectivity index (χ1v) is 7.52. The van der Waals surface area contributed by atoms with E-state index in [0.29, 0.717) is 5.41 Å². The van der Waals surface area contributed by atoms with Crippen molar-refractivity contribution in [3.8, 4) is 0 Å². The van der Waals surface area contributed by atoms with E-state index in [2.05, 4.69) is 41.5 Å². The summed E-state index contributed by atoms with van der Waals surface area (Å²) in [6.45, 7) is 4.57. The van der Waals surface area contributed by atoms with Crippen molar-refractivity contribution in [3.63, 3.8) is 0 Å². The van der Waals surface area contributed by atoms with E-state index < -0.39 is 0 Å². The summed E-state index contributed by atoms with van der Waals surface area (Å²) in [6.07, 6.45) is 9.03. The summed E-state index contributed by atoms with van der Waals surface area (Å²) in [7, 11) is 0. The van der Waals surface area contributed by atoms with Crippen LogP contribution in [0.1, 0.15) is 44.6 Å². The Morgan fingerprint density at radius 1 is 1.16 bits per heavy atom. The molecule has 2 heteroatoms. The molecule has 1 aromatic heterocycles. The van der Waals surface area contributed by atoms with E-state index in [-0.39, 0.29) is 0 Å². The first-order chi connectivity index (χ1) is 9.25. The molecule has 0 spiro atoms. The summed E-state index contributed by atoms with van der Waals surface area (Å²) in [5, 5.41) is 4.97. The normalized spacial score (nSPS) is 18.8. The van der Waals surface area contributed by atoms with Crippen molar-refractivity contribution in [1.29, 1.82) is 0 Å². The zero-order valence-corrected chi connectivity index (χ0v) is 11.8. The monoisotopic (exact) mass is 256 g/mol. The average Bonchev–Trinajstić information content (AvgIpc) is 2.87. The lowest BCUT2D eigenvalue weighted by atomic mass is 9.76. The highest BCUT2D eigenvalue weighted by molar-refractivity contribution is 5.79. The Balaban J connectivity index is 1.56. The summed E-state index contributed by atoms with van der Waals surface area (Å²) in [4.78, 5) is 3.24. The van der Waals surface area contributed by atoms with E-state index in [1.807, 2.05) is 6.20 Å². The summed E-state index contributed by atoms with van der Waals surface area (Å²) in [5.41, 5.74) is 3.13. The van der Waals surface area contributed by atoms with Gasteiger partial charge in [0.05, 0.1) is 0 Å². The summed E-state index contributed by atoms with van der Waals surface area (Å²) in [5.74, 6) is 0. The van der Waals surface area contributed by atoms with Crippen molar-refractivity contribution < 1.29 is 0 Å². The first kappa shape index (κ1) is 12.7. The number of H-pyrrole nitrogens is 1. The molecule has 1 aliphatic carbocycles. The smallest absolute Gasteiger partial charge is 0.0454 e. The van der Waals surface area contributed by atoms with Crippen LogP contribution >= 0.6 is 0 Å². The summed E-state index contributed by atoms with van der Waals surface area (Å²) < 4.78 is 0. The molecule has 0 unspecified atom stereocenters. The van der Waals surface area contributed by atoms with Gasteiger partial charge in [-0.2, -0.15) is 0 Å². The lowest BCUT2D eigenvalue weighted by Gasteiger charge is -2.33. The van der Waals surface area contributed by atoms with Crippen LogP contribution in [0.15, 0.2) is 30.5 Å². The van der Waals surface area contributed by atoms with Crippen LogP contribution in [0.4, 0.5) is 0 Å². The fourth-order valence-corrected chi connectivity index (χ4v) is 3.30. The van der Waals surface area contributed by atoms with E-state index in [1.165, 1.54) is 48.6 Å². The number of fused-ring (bicyclic) bond motifs is 1. The molecule has 1 heterocycles. The highest BCUT2D eigenvalue weighted by Crippen LogP contribution is 2.34. The first-order valence-electron chi connectivity index (χ1n) is 7.52.